The zero-order chi connectivity index (χ0) is 13.6. The van der Waals surface area contributed by atoms with E-state index in [1.807, 2.05) is 6.07 Å². The molecule has 5 rings (SSSR count). The maximum Gasteiger partial charge on any atom is 0.129 e. The van der Waals surface area contributed by atoms with Crippen molar-refractivity contribution in [1.29, 1.82) is 0 Å². The Morgan fingerprint density at radius 2 is 1.85 bits per heavy atom. The molecule has 0 aliphatic heterocycles. The first-order valence-corrected chi connectivity index (χ1v) is 7.91. The molecule has 2 N–H and O–H groups in total. The summed E-state index contributed by atoms with van der Waals surface area (Å²) < 4.78 is 0. The summed E-state index contributed by atoms with van der Waals surface area (Å²) >= 11 is 0. The lowest BCUT2D eigenvalue weighted by molar-refractivity contribution is -0.115. The molecular weight excluding hydrogens is 250 g/mol. The summed E-state index contributed by atoms with van der Waals surface area (Å²) in [6.07, 6.45) is 11.0. The van der Waals surface area contributed by atoms with Crippen LogP contribution in [0.3, 0.4) is 0 Å². The van der Waals surface area contributed by atoms with Gasteiger partial charge in [-0.1, -0.05) is 0 Å². The second-order valence-corrected chi connectivity index (χ2v) is 7.27. The van der Waals surface area contributed by atoms with Gasteiger partial charge in [0.1, 0.15) is 12.1 Å². The second-order valence-electron chi connectivity index (χ2n) is 7.27. The molecule has 4 fully saturated rings. The molecule has 108 valence electrons. The monoisotopic (exact) mass is 273 g/mol. The van der Waals surface area contributed by atoms with Gasteiger partial charge in [-0.25, -0.2) is 9.97 Å². The number of aliphatic hydroxyl groups is 1. The van der Waals surface area contributed by atoms with Gasteiger partial charge in [0, 0.05) is 12.7 Å². The molecule has 4 aliphatic rings. The maximum atomic E-state index is 10.8. The van der Waals surface area contributed by atoms with Crippen molar-refractivity contribution in [3.8, 4) is 0 Å². The number of hydrogen-bond acceptors (Lipinski definition) is 4. The Morgan fingerprint density at radius 3 is 2.40 bits per heavy atom. The van der Waals surface area contributed by atoms with E-state index in [0.717, 1.165) is 23.6 Å². The Hall–Kier alpha value is -1.16. The van der Waals surface area contributed by atoms with Gasteiger partial charge in [0.2, 0.25) is 0 Å². The molecule has 0 spiro atoms. The number of rotatable bonds is 4. The SMILES string of the molecule is O[C@H](CNc1ccncn1)C12CC3CC(CC(C3)C1)C2. The van der Waals surface area contributed by atoms with Crippen molar-refractivity contribution >= 4 is 5.82 Å². The van der Waals surface area contributed by atoms with Crippen LogP contribution in [0.1, 0.15) is 38.5 Å². The van der Waals surface area contributed by atoms with E-state index in [4.69, 9.17) is 0 Å². The minimum Gasteiger partial charge on any atom is -0.391 e. The van der Waals surface area contributed by atoms with Gasteiger partial charge in [0.15, 0.2) is 0 Å². The number of aliphatic hydroxyl groups excluding tert-OH is 1. The number of nitrogens with one attached hydrogen (secondary N) is 1. The summed E-state index contributed by atoms with van der Waals surface area (Å²) in [5.41, 5.74) is 0.189. The fourth-order valence-corrected chi connectivity index (χ4v) is 5.40. The minimum atomic E-state index is -0.245. The Bertz CT molecular complexity index is 441. The highest BCUT2D eigenvalue weighted by Gasteiger charge is 2.53. The average molecular weight is 273 g/mol. The number of anilines is 1. The molecule has 1 atom stereocenters. The Balaban J connectivity index is 1.44. The summed E-state index contributed by atoms with van der Waals surface area (Å²) in [4.78, 5) is 8.08. The standard InChI is InChI=1S/C16H23N3O/c20-14(9-18-15-1-2-17-10-19-15)16-6-11-3-12(7-16)5-13(4-11)8-16/h1-2,10-14,20H,3-9H2,(H,17,18,19)/t11?,12?,13?,14-,16?/m1/s1. The van der Waals surface area contributed by atoms with E-state index in [-0.39, 0.29) is 11.5 Å². The van der Waals surface area contributed by atoms with Crippen molar-refractivity contribution in [2.45, 2.75) is 44.6 Å². The highest BCUT2D eigenvalue weighted by Crippen LogP contribution is 2.61. The molecule has 0 saturated heterocycles. The number of nitrogens with zero attached hydrogens (tertiary/aromatic N) is 2. The lowest BCUT2D eigenvalue weighted by atomic mass is 9.48. The van der Waals surface area contributed by atoms with Gasteiger partial charge in [-0.05, 0) is 67.8 Å². The van der Waals surface area contributed by atoms with Crippen LogP contribution in [-0.4, -0.2) is 27.7 Å². The topological polar surface area (TPSA) is 58.0 Å². The van der Waals surface area contributed by atoms with Crippen molar-refractivity contribution in [3.63, 3.8) is 0 Å². The molecule has 1 aromatic rings. The fraction of sp³-hybridized carbons (Fsp3) is 0.750. The molecule has 0 amide bonds. The summed E-state index contributed by atoms with van der Waals surface area (Å²) in [7, 11) is 0. The van der Waals surface area contributed by atoms with Gasteiger partial charge >= 0.3 is 0 Å². The average Bonchev–Trinajstić information content (AvgIpc) is 2.44. The fourth-order valence-electron chi connectivity index (χ4n) is 5.40. The van der Waals surface area contributed by atoms with Crippen LogP contribution in [0, 0.1) is 23.2 Å². The molecule has 0 radical (unpaired) electrons. The summed E-state index contributed by atoms with van der Waals surface area (Å²) in [5, 5.41) is 14.0. The molecule has 4 bridgehead atoms. The Kier molecular flexibility index (Phi) is 2.95. The molecule has 0 unspecified atom stereocenters. The highest BCUT2D eigenvalue weighted by atomic mass is 16.3. The number of hydrogen-bond donors (Lipinski definition) is 2. The first-order valence-electron chi connectivity index (χ1n) is 7.91. The van der Waals surface area contributed by atoms with E-state index in [1.165, 1.54) is 38.5 Å². The van der Waals surface area contributed by atoms with Crippen molar-refractivity contribution in [1.82, 2.24) is 9.97 Å². The van der Waals surface area contributed by atoms with Crippen LogP contribution in [0.15, 0.2) is 18.6 Å². The van der Waals surface area contributed by atoms with Crippen LogP contribution in [0.5, 0.6) is 0 Å². The first kappa shape index (κ1) is 12.6. The predicted octanol–water partition coefficient (Wildman–Crippen LogP) is 2.47. The third-order valence-electron chi connectivity index (χ3n) is 5.85. The molecule has 1 aromatic heterocycles. The Labute approximate surface area is 120 Å². The van der Waals surface area contributed by atoms with E-state index in [0.29, 0.717) is 6.54 Å². The van der Waals surface area contributed by atoms with Crippen LogP contribution in [-0.2, 0) is 0 Å². The van der Waals surface area contributed by atoms with Crippen molar-refractivity contribution in [3.05, 3.63) is 18.6 Å². The van der Waals surface area contributed by atoms with E-state index >= 15 is 0 Å². The molecule has 4 heteroatoms. The summed E-state index contributed by atoms with van der Waals surface area (Å²) in [6.45, 7) is 0.614. The van der Waals surface area contributed by atoms with Gasteiger partial charge in [-0.15, -0.1) is 0 Å². The zero-order valence-corrected chi connectivity index (χ0v) is 11.8. The lowest BCUT2D eigenvalue weighted by Gasteiger charge is -2.58. The van der Waals surface area contributed by atoms with Crippen LogP contribution in [0.2, 0.25) is 0 Å². The van der Waals surface area contributed by atoms with Crippen molar-refractivity contribution in [2.24, 2.45) is 23.2 Å². The van der Waals surface area contributed by atoms with E-state index < -0.39 is 0 Å². The lowest BCUT2D eigenvalue weighted by Crippen LogP contribution is -2.53. The summed E-state index contributed by atoms with van der Waals surface area (Å²) in [6, 6.07) is 1.85. The second kappa shape index (κ2) is 4.69. The highest BCUT2D eigenvalue weighted by molar-refractivity contribution is 5.31. The summed E-state index contributed by atoms with van der Waals surface area (Å²) in [5.74, 6) is 3.46. The largest absolute Gasteiger partial charge is 0.391 e. The maximum absolute atomic E-state index is 10.8. The van der Waals surface area contributed by atoms with Gasteiger partial charge in [0.05, 0.1) is 6.10 Å². The van der Waals surface area contributed by atoms with Crippen molar-refractivity contribution < 1.29 is 5.11 Å². The van der Waals surface area contributed by atoms with Gasteiger partial charge in [-0.3, -0.25) is 0 Å². The third-order valence-corrected chi connectivity index (χ3v) is 5.85. The molecule has 4 saturated carbocycles. The predicted molar refractivity (Wildman–Crippen MR) is 77.1 cm³/mol. The molecule has 4 aliphatic carbocycles. The molecule has 1 heterocycles. The zero-order valence-electron chi connectivity index (χ0n) is 11.8. The van der Waals surface area contributed by atoms with Crippen LogP contribution < -0.4 is 5.32 Å². The first-order chi connectivity index (χ1) is 9.73. The van der Waals surface area contributed by atoms with Gasteiger partial charge in [0.25, 0.3) is 0 Å². The Morgan fingerprint density at radius 1 is 1.20 bits per heavy atom. The minimum absolute atomic E-state index is 0.189. The van der Waals surface area contributed by atoms with Crippen LogP contribution in [0.25, 0.3) is 0 Å². The number of aromatic nitrogens is 2. The van der Waals surface area contributed by atoms with Crippen LogP contribution in [0.4, 0.5) is 5.82 Å². The molecule has 0 aromatic carbocycles. The normalized spacial score (nSPS) is 39.8. The van der Waals surface area contributed by atoms with Gasteiger partial charge < -0.3 is 10.4 Å². The molecule has 4 nitrogen and oxygen atoms in total. The van der Waals surface area contributed by atoms with E-state index in [2.05, 4.69) is 15.3 Å². The quantitative estimate of drug-likeness (QED) is 0.885. The molecular formula is C16H23N3O. The van der Waals surface area contributed by atoms with Crippen molar-refractivity contribution in [2.75, 3.05) is 11.9 Å². The van der Waals surface area contributed by atoms with Crippen LogP contribution >= 0.6 is 0 Å². The smallest absolute Gasteiger partial charge is 0.129 e. The molecule has 20 heavy (non-hydrogen) atoms. The van der Waals surface area contributed by atoms with E-state index in [1.54, 1.807) is 12.5 Å². The third kappa shape index (κ3) is 2.10. The van der Waals surface area contributed by atoms with Gasteiger partial charge in [-0.2, -0.15) is 0 Å². The van der Waals surface area contributed by atoms with E-state index in [9.17, 15) is 5.11 Å².